The molecule has 16 heavy (non-hydrogen) atoms. The van der Waals surface area contributed by atoms with Gasteiger partial charge in [-0.3, -0.25) is 0 Å². The Balaban J connectivity index is 4.37. The molecule has 0 unspecified atom stereocenters. The summed E-state index contributed by atoms with van der Waals surface area (Å²) in [6, 6.07) is -1.90. The van der Waals surface area contributed by atoms with Crippen LogP contribution in [0.1, 0.15) is 34.1 Å². The number of carbonyl (C=O) groups excluding carboxylic acids is 1. The van der Waals surface area contributed by atoms with Gasteiger partial charge in [0.05, 0.1) is 6.10 Å². The molecule has 6 nitrogen and oxygen atoms in total. The topological polar surface area (TPSA) is 98.7 Å². The van der Waals surface area contributed by atoms with Crippen molar-refractivity contribution in [3.63, 3.8) is 0 Å². The minimum atomic E-state index is -1.30. The molecule has 0 aliphatic heterocycles. The summed E-state index contributed by atoms with van der Waals surface area (Å²) < 4.78 is 0. The van der Waals surface area contributed by atoms with Gasteiger partial charge in [0.15, 0.2) is 6.04 Å². The highest BCUT2D eigenvalue weighted by molar-refractivity contribution is 5.83. The maximum Gasteiger partial charge on any atom is 0.328 e. The summed E-state index contributed by atoms with van der Waals surface area (Å²) in [6.45, 7) is 6.86. The van der Waals surface area contributed by atoms with Crippen molar-refractivity contribution in [3.05, 3.63) is 0 Å². The molecule has 2 amide bonds. The number of urea groups is 1. The van der Waals surface area contributed by atoms with Crippen molar-refractivity contribution >= 4 is 12.0 Å². The van der Waals surface area contributed by atoms with E-state index in [9.17, 15) is 9.59 Å². The number of carboxylic acids is 1. The molecule has 0 aromatic carbocycles. The van der Waals surface area contributed by atoms with E-state index in [2.05, 4.69) is 10.6 Å². The Labute approximate surface area is 95.0 Å². The molecule has 0 bridgehead atoms. The lowest BCUT2D eigenvalue weighted by Gasteiger charge is -2.26. The highest BCUT2D eigenvalue weighted by atomic mass is 16.4. The van der Waals surface area contributed by atoms with E-state index >= 15 is 0 Å². The molecule has 94 valence electrons. The SMILES string of the molecule is CCC(C)(C)NC(=O)N[C@H](C(=O)O)[C@@H](C)O. The van der Waals surface area contributed by atoms with Crippen LogP contribution < -0.4 is 10.6 Å². The molecule has 0 aromatic heterocycles. The smallest absolute Gasteiger partial charge is 0.328 e. The number of rotatable bonds is 5. The molecule has 0 saturated carbocycles. The van der Waals surface area contributed by atoms with Crippen LogP contribution in [0.15, 0.2) is 0 Å². The van der Waals surface area contributed by atoms with E-state index in [1.807, 2.05) is 20.8 Å². The fraction of sp³-hybridized carbons (Fsp3) is 0.800. The standard InChI is InChI=1S/C10H20N2O4/c1-5-10(3,4)12-9(16)11-7(6(2)13)8(14)15/h6-7,13H,5H2,1-4H3,(H,14,15)(H2,11,12,16)/t6-,7+/m1/s1. The van der Waals surface area contributed by atoms with Crippen molar-refractivity contribution in [1.29, 1.82) is 0 Å². The first-order valence-electron chi connectivity index (χ1n) is 5.19. The van der Waals surface area contributed by atoms with Gasteiger partial charge in [0, 0.05) is 5.54 Å². The van der Waals surface area contributed by atoms with Gasteiger partial charge in [0.1, 0.15) is 0 Å². The fourth-order valence-electron chi connectivity index (χ4n) is 0.962. The normalized spacial score (nSPS) is 15.1. The summed E-state index contributed by atoms with van der Waals surface area (Å²) in [5, 5.41) is 22.7. The summed E-state index contributed by atoms with van der Waals surface area (Å²) in [4.78, 5) is 22.1. The summed E-state index contributed by atoms with van der Waals surface area (Å²) in [5.41, 5.74) is -0.411. The third-order valence-corrected chi connectivity index (χ3v) is 2.37. The second-order valence-electron chi connectivity index (χ2n) is 4.39. The van der Waals surface area contributed by atoms with Crippen molar-refractivity contribution in [2.24, 2.45) is 0 Å². The molecule has 4 N–H and O–H groups in total. The Bertz CT molecular complexity index is 264. The number of nitrogens with one attached hydrogen (secondary N) is 2. The highest BCUT2D eigenvalue weighted by Crippen LogP contribution is 2.06. The van der Waals surface area contributed by atoms with Gasteiger partial charge in [-0.2, -0.15) is 0 Å². The maximum absolute atomic E-state index is 11.4. The lowest BCUT2D eigenvalue weighted by Crippen LogP contribution is -2.55. The van der Waals surface area contributed by atoms with E-state index < -0.39 is 29.7 Å². The van der Waals surface area contributed by atoms with Gasteiger partial charge >= 0.3 is 12.0 Å². The number of hydrogen-bond acceptors (Lipinski definition) is 3. The van der Waals surface area contributed by atoms with Crippen LogP contribution in [0.3, 0.4) is 0 Å². The highest BCUT2D eigenvalue weighted by Gasteiger charge is 2.26. The molecule has 6 heteroatoms. The number of aliphatic carboxylic acids is 1. The van der Waals surface area contributed by atoms with E-state index in [4.69, 9.17) is 10.2 Å². The Hall–Kier alpha value is -1.30. The van der Waals surface area contributed by atoms with Gasteiger partial charge in [-0.15, -0.1) is 0 Å². The molecule has 0 fully saturated rings. The van der Waals surface area contributed by atoms with Gasteiger partial charge in [-0.1, -0.05) is 6.92 Å². The average Bonchev–Trinajstić information content (AvgIpc) is 2.12. The quantitative estimate of drug-likeness (QED) is 0.548. The van der Waals surface area contributed by atoms with Crippen LogP contribution in [0.4, 0.5) is 4.79 Å². The molecule has 0 heterocycles. The summed E-state index contributed by atoms with van der Waals surface area (Å²) in [6.07, 6.45) is -0.430. The number of carboxylic acid groups (broad SMARTS) is 1. The molecule has 2 atom stereocenters. The van der Waals surface area contributed by atoms with E-state index in [1.165, 1.54) is 6.92 Å². The van der Waals surface area contributed by atoms with E-state index in [1.54, 1.807) is 0 Å². The first kappa shape index (κ1) is 14.7. The van der Waals surface area contributed by atoms with Crippen molar-refractivity contribution < 1.29 is 19.8 Å². The number of carbonyl (C=O) groups is 2. The predicted octanol–water partition coefficient (Wildman–Crippen LogP) is 0.308. The molecular formula is C10H20N2O4. The van der Waals surface area contributed by atoms with Gasteiger partial charge in [-0.25, -0.2) is 9.59 Å². The zero-order valence-electron chi connectivity index (χ0n) is 10.1. The van der Waals surface area contributed by atoms with Crippen LogP contribution in [0, 0.1) is 0 Å². The van der Waals surface area contributed by atoms with Crippen LogP contribution in [0.25, 0.3) is 0 Å². The molecule has 0 aliphatic rings. The minimum absolute atomic E-state index is 0.411. The Morgan fingerprint density at radius 1 is 1.38 bits per heavy atom. The summed E-state index contributed by atoms with van der Waals surface area (Å²) in [5.74, 6) is -1.26. The lowest BCUT2D eigenvalue weighted by molar-refractivity contribution is -0.141. The van der Waals surface area contributed by atoms with Crippen LogP contribution in [-0.2, 0) is 4.79 Å². The maximum atomic E-state index is 11.4. The van der Waals surface area contributed by atoms with E-state index in [0.717, 1.165) is 0 Å². The molecule has 0 aromatic rings. The van der Waals surface area contributed by atoms with Crippen molar-refractivity contribution in [2.45, 2.75) is 51.8 Å². The molecule has 0 radical (unpaired) electrons. The van der Waals surface area contributed by atoms with Crippen LogP contribution in [0.2, 0.25) is 0 Å². The largest absolute Gasteiger partial charge is 0.480 e. The number of aliphatic hydroxyl groups excluding tert-OH is 1. The van der Waals surface area contributed by atoms with Crippen molar-refractivity contribution in [3.8, 4) is 0 Å². The lowest BCUT2D eigenvalue weighted by atomic mass is 10.0. The second kappa shape index (κ2) is 5.69. The van der Waals surface area contributed by atoms with Gasteiger partial charge in [0.2, 0.25) is 0 Å². The molecule has 0 spiro atoms. The zero-order valence-corrected chi connectivity index (χ0v) is 10.1. The predicted molar refractivity (Wildman–Crippen MR) is 59.1 cm³/mol. The third kappa shape index (κ3) is 4.97. The number of amides is 2. The van der Waals surface area contributed by atoms with Crippen LogP contribution in [-0.4, -0.2) is 39.9 Å². The van der Waals surface area contributed by atoms with Crippen molar-refractivity contribution in [1.82, 2.24) is 10.6 Å². The molecule has 0 rings (SSSR count). The summed E-state index contributed by atoms with van der Waals surface area (Å²) >= 11 is 0. The number of aliphatic hydroxyl groups is 1. The Kier molecular flexibility index (Phi) is 5.23. The fourth-order valence-corrected chi connectivity index (χ4v) is 0.962. The van der Waals surface area contributed by atoms with E-state index in [-0.39, 0.29) is 0 Å². The average molecular weight is 232 g/mol. The number of hydrogen-bond donors (Lipinski definition) is 4. The molecule has 0 aliphatic carbocycles. The van der Waals surface area contributed by atoms with E-state index in [0.29, 0.717) is 6.42 Å². The first-order chi connectivity index (χ1) is 7.19. The van der Waals surface area contributed by atoms with Crippen LogP contribution >= 0.6 is 0 Å². The van der Waals surface area contributed by atoms with Gasteiger partial charge < -0.3 is 20.8 Å². The molecule has 0 saturated heterocycles. The zero-order chi connectivity index (χ0) is 12.9. The Morgan fingerprint density at radius 2 is 1.88 bits per heavy atom. The second-order valence-corrected chi connectivity index (χ2v) is 4.39. The monoisotopic (exact) mass is 232 g/mol. The van der Waals surface area contributed by atoms with Crippen molar-refractivity contribution in [2.75, 3.05) is 0 Å². The Morgan fingerprint density at radius 3 is 2.19 bits per heavy atom. The summed E-state index contributed by atoms with van der Waals surface area (Å²) in [7, 11) is 0. The first-order valence-corrected chi connectivity index (χ1v) is 5.19. The van der Waals surface area contributed by atoms with Gasteiger partial charge in [-0.05, 0) is 27.2 Å². The molecular weight excluding hydrogens is 212 g/mol. The minimum Gasteiger partial charge on any atom is -0.480 e. The van der Waals surface area contributed by atoms with Gasteiger partial charge in [0.25, 0.3) is 0 Å². The third-order valence-electron chi connectivity index (χ3n) is 2.37. The van der Waals surface area contributed by atoms with Crippen LogP contribution in [0.5, 0.6) is 0 Å².